The van der Waals surface area contributed by atoms with Gasteiger partial charge in [0.1, 0.15) is 22.8 Å². The molecule has 5 rings (SSSR count). The maximum Gasteiger partial charge on any atom is 0.349 e. The predicted octanol–water partition coefficient (Wildman–Crippen LogP) is 3.03. The lowest BCUT2D eigenvalue weighted by atomic mass is 9.96. The molecule has 150 valence electrons. The van der Waals surface area contributed by atoms with Gasteiger partial charge >= 0.3 is 5.69 Å². The Labute approximate surface area is 172 Å². The maximum atomic E-state index is 12.4. The van der Waals surface area contributed by atoms with E-state index in [-0.39, 0.29) is 11.6 Å². The third-order valence-corrected chi connectivity index (χ3v) is 5.75. The summed E-state index contributed by atoms with van der Waals surface area (Å²) in [6, 6.07) is 11.5. The third kappa shape index (κ3) is 2.99. The van der Waals surface area contributed by atoms with Crippen LogP contribution in [0.5, 0.6) is 0 Å². The van der Waals surface area contributed by atoms with Gasteiger partial charge in [-0.25, -0.2) is 14.8 Å². The van der Waals surface area contributed by atoms with Crippen molar-refractivity contribution in [3.05, 3.63) is 58.0 Å². The highest BCUT2D eigenvalue weighted by Crippen LogP contribution is 2.33. The van der Waals surface area contributed by atoms with Gasteiger partial charge in [0.25, 0.3) is 0 Å². The molecule has 8 nitrogen and oxygen atoms in total. The minimum Gasteiger partial charge on any atom is -0.440 e. The zero-order valence-corrected chi connectivity index (χ0v) is 16.8. The van der Waals surface area contributed by atoms with Crippen LogP contribution in [0, 0.1) is 18.3 Å². The number of piperidine rings is 1. The van der Waals surface area contributed by atoms with Crippen molar-refractivity contribution in [1.82, 2.24) is 19.5 Å². The summed E-state index contributed by atoms with van der Waals surface area (Å²) in [5.41, 5.74) is 4.07. The van der Waals surface area contributed by atoms with Crippen molar-refractivity contribution in [2.45, 2.75) is 25.7 Å². The van der Waals surface area contributed by atoms with Crippen LogP contribution in [0.3, 0.4) is 0 Å². The van der Waals surface area contributed by atoms with E-state index in [1.165, 1.54) is 4.57 Å². The molecule has 0 atom stereocenters. The first kappa shape index (κ1) is 18.3. The summed E-state index contributed by atoms with van der Waals surface area (Å²) >= 11 is 0. The van der Waals surface area contributed by atoms with E-state index in [4.69, 9.17) is 9.40 Å². The van der Waals surface area contributed by atoms with Crippen LogP contribution >= 0.6 is 0 Å². The Kier molecular flexibility index (Phi) is 4.24. The molecule has 0 spiro atoms. The van der Waals surface area contributed by atoms with Gasteiger partial charge in [-0.15, -0.1) is 0 Å². The second-order valence-corrected chi connectivity index (χ2v) is 7.74. The van der Waals surface area contributed by atoms with Crippen LogP contribution in [-0.2, 0) is 7.05 Å². The van der Waals surface area contributed by atoms with Gasteiger partial charge in [-0.3, -0.25) is 4.57 Å². The van der Waals surface area contributed by atoms with E-state index in [2.05, 4.69) is 20.9 Å². The van der Waals surface area contributed by atoms with Crippen LogP contribution in [0.25, 0.3) is 22.1 Å². The molecule has 3 aromatic heterocycles. The first-order chi connectivity index (χ1) is 14.5. The van der Waals surface area contributed by atoms with E-state index in [0.717, 1.165) is 35.4 Å². The lowest BCUT2D eigenvalue weighted by molar-refractivity contribution is 0.406. The summed E-state index contributed by atoms with van der Waals surface area (Å²) in [5.74, 6) is 1.52. The van der Waals surface area contributed by atoms with Gasteiger partial charge in [0.2, 0.25) is 0 Å². The van der Waals surface area contributed by atoms with E-state index >= 15 is 0 Å². The van der Waals surface area contributed by atoms with Crippen molar-refractivity contribution in [3.63, 3.8) is 0 Å². The summed E-state index contributed by atoms with van der Waals surface area (Å²) in [5, 5.41) is 9.23. The summed E-state index contributed by atoms with van der Waals surface area (Å²) in [6.07, 6.45) is 1.67. The highest BCUT2D eigenvalue weighted by Gasteiger charge is 2.27. The van der Waals surface area contributed by atoms with Crippen molar-refractivity contribution in [2.75, 3.05) is 18.0 Å². The third-order valence-electron chi connectivity index (χ3n) is 5.75. The number of hydrogen-bond donors (Lipinski definition) is 0. The van der Waals surface area contributed by atoms with E-state index in [1.54, 1.807) is 19.2 Å². The molecule has 4 heterocycles. The molecular weight excluding hydrogens is 380 g/mol. The van der Waals surface area contributed by atoms with Gasteiger partial charge in [0.05, 0.1) is 5.52 Å². The van der Waals surface area contributed by atoms with Crippen LogP contribution in [0.15, 0.2) is 39.5 Å². The Morgan fingerprint density at radius 2 is 1.93 bits per heavy atom. The van der Waals surface area contributed by atoms with E-state index in [9.17, 15) is 10.1 Å². The quantitative estimate of drug-likeness (QED) is 0.510. The van der Waals surface area contributed by atoms with Gasteiger partial charge in [0, 0.05) is 26.1 Å². The average Bonchev–Trinajstić information content (AvgIpc) is 3.19. The molecule has 0 aliphatic carbocycles. The van der Waals surface area contributed by atoms with Gasteiger partial charge in [0.15, 0.2) is 17.3 Å². The standard InChI is InChI=1S/C22H20N6O2/c1-13-3-6-18-16(11-13)25-21(30-18)14-7-9-28(10-8-14)20-19-17(27(2)22(29)26-20)5-4-15(12-23)24-19/h3-6,11,14H,7-10H2,1-2H3. The first-order valence-corrected chi connectivity index (χ1v) is 9.93. The summed E-state index contributed by atoms with van der Waals surface area (Å²) < 4.78 is 7.45. The Bertz CT molecular complexity index is 1370. The van der Waals surface area contributed by atoms with Crippen LogP contribution < -0.4 is 10.6 Å². The smallest absolute Gasteiger partial charge is 0.349 e. The monoisotopic (exact) mass is 400 g/mol. The number of oxazole rings is 1. The van der Waals surface area contributed by atoms with Crippen molar-refractivity contribution >= 4 is 28.0 Å². The SMILES string of the molecule is Cc1ccc2oc(C3CCN(c4nc(=O)n(C)c5ccc(C#N)nc45)CC3)nc2c1. The molecule has 0 N–H and O–H groups in total. The number of hydrogen-bond acceptors (Lipinski definition) is 7. The van der Waals surface area contributed by atoms with Crippen LogP contribution in [0.4, 0.5) is 5.82 Å². The van der Waals surface area contributed by atoms with Crippen LogP contribution in [0.1, 0.15) is 35.9 Å². The fourth-order valence-electron chi connectivity index (χ4n) is 4.06. The van der Waals surface area contributed by atoms with Crippen molar-refractivity contribution in [2.24, 2.45) is 7.05 Å². The minimum atomic E-state index is -0.333. The number of anilines is 1. The zero-order chi connectivity index (χ0) is 20.8. The Morgan fingerprint density at radius 1 is 1.13 bits per heavy atom. The van der Waals surface area contributed by atoms with Gasteiger partial charge in [-0.1, -0.05) is 6.07 Å². The van der Waals surface area contributed by atoms with Gasteiger partial charge in [-0.2, -0.15) is 10.2 Å². The first-order valence-electron chi connectivity index (χ1n) is 9.93. The molecule has 0 bridgehead atoms. The van der Waals surface area contributed by atoms with E-state index in [0.29, 0.717) is 35.6 Å². The average molecular weight is 400 g/mol. The predicted molar refractivity (Wildman–Crippen MR) is 112 cm³/mol. The molecule has 0 saturated carbocycles. The Morgan fingerprint density at radius 3 is 2.70 bits per heavy atom. The number of benzene rings is 1. The van der Waals surface area contributed by atoms with Gasteiger partial charge in [-0.05, 0) is 49.6 Å². The number of aromatic nitrogens is 4. The molecule has 8 heteroatoms. The van der Waals surface area contributed by atoms with Crippen LogP contribution in [0.2, 0.25) is 0 Å². The molecule has 1 fully saturated rings. The topological polar surface area (TPSA) is 101 Å². The molecule has 4 aromatic rings. The van der Waals surface area contributed by atoms with Crippen molar-refractivity contribution in [1.29, 1.82) is 5.26 Å². The molecule has 1 aliphatic rings. The van der Waals surface area contributed by atoms with Crippen molar-refractivity contribution in [3.8, 4) is 6.07 Å². The normalized spacial score (nSPS) is 15.0. The number of rotatable bonds is 2. The number of fused-ring (bicyclic) bond motifs is 2. The zero-order valence-electron chi connectivity index (χ0n) is 16.8. The maximum absolute atomic E-state index is 12.4. The fraction of sp³-hybridized carbons (Fsp3) is 0.318. The molecule has 0 amide bonds. The Balaban J connectivity index is 1.45. The highest BCUT2D eigenvalue weighted by molar-refractivity contribution is 5.86. The van der Waals surface area contributed by atoms with E-state index in [1.807, 2.05) is 25.1 Å². The highest BCUT2D eigenvalue weighted by atomic mass is 16.3. The fourth-order valence-corrected chi connectivity index (χ4v) is 4.06. The minimum absolute atomic E-state index is 0.217. The lowest BCUT2D eigenvalue weighted by Gasteiger charge is -2.31. The molecule has 0 unspecified atom stereocenters. The Hall–Kier alpha value is -3.73. The van der Waals surface area contributed by atoms with Crippen molar-refractivity contribution < 1.29 is 4.42 Å². The second-order valence-electron chi connectivity index (χ2n) is 7.74. The second kappa shape index (κ2) is 6.95. The van der Waals surface area contributed by atoms with Crippen LogP contribution in [-0.4, -0.2) is 32.6 Å². The summed E-state index contributed by atoms with van der Waals surface area (Å²) in [4.78, 5) is 27.8. The van der Waals surface area contributed by atoms with Gasteiger partial charge < -0.3 is 9.32 Å². The largest absolute Gasteiger partial charge is 0.440 e. The molecular formula is C22H20N6O2. The molecule has 1 aliphatic heterocycles. The molecule has 1 saturated heterocycles. The lowest BCUT2D eigenvalue weighted by Crippen LogP contribution is -2.36. The molecule has 0 radical (unpaired) electrons. The molecule has 30 heavy (non-hydrogen) atoms. The summed E-state index contributed by atoms with van der Waals surface area (Å²) in [6.45, 7) is 3.45. The number of nitrogens with zero attached hydrogens (tertiary/aromatic N) is 6. The summed E-state index contributed by atoms with van der Waals surface area (Å²) in [7, 11) is 1.66. The molecule has 1 aromatic carbocycles. The van der Waals surface area contributed by atoms with E-state index < -0.39 is 0 Å². The number of aryl methyl sites for hydroxylation is 2. The number of pyridine rings is 1. The number of nitriles is 1.